The maximum atomic E-state index is 5.70. The van der Waals surface area contributed by atoms with Gasteiger partial charge in [0.25, 0.3) is 0 Å². The molecule has 0 fully saturated rings. The van der Waals surface area contributed by atoms with E-state index in [0.717, 1.165) is 25.9 Å². The van der Waals surface area contributed by atoms with Crippen LogP contribution in [-0.2, 0) is 12.0 Å². The Morgan fingerprint density at radius 1 is 1.05 bits per heavy atom. The van der Waals surface area contributed by atoms with E-state index in [1.54, 1.807) is 0 Å². The van der Waals surface area contributed by atoms with Gasteiger partial charge in [-0.2, -0.15) is 0 Å². The molecule has 0 aromatic heterocycles. The van der Waals surface area contributed by atoms with Gasteiger partial charge in [-0.05, 0) is 61.5 Å². The first kappa shape index (κ1) is 14.0. The predicted octanol–water partition coefficient (Wildman–Crippen LogP) is 3.60. The molecule has 2 bridgehead atoms. The van der Waals surface area contributed by atoms with Crippen LogP contribution in [0, 0.1) is 0 Å². The second-order valence-electron chi connectivity index (χ2n) is 6.73. The fraction of sp³-hybridized carbons (Fsp3) is 0.400. The molecule has 0 saturated heterocycles. The Morgan fingerprint density at radius 3 is 2.59 bits per heavy atom. The van der Waals surface area contributed by atoms with Crippen molar-refractivity contribution in [1.29, 1.82) is 0 Å². The van der Waals surface area contributed by atoms with Crippen molar-refractivity contribution in [2.75, 3.05) is 13.1 Å². The van der Waals surface area contributed by atoms with Crippen molar-refractivity contribution in [3.63, 3.8) is 0 Å². The molecule has 2 heteroatoms. The standard InChI is InChI=1S/C20H24N2/c1-20-17-10-4-2-8-15(17)14-19(22(20)13-7-6-12-21)16-9-3-5-11-18(16)20/h2-5,8-11,19H,6-7,12-14,21H2,1H3/t19-,20+/m1/s1. The van der Waals surface area contributed by atoms with Gasteiger partial charge in [0.1, 0.15) is 0 Å². The monoisotopic (exact) mass is 292 g/mol. The van der Waals surface area contributed by atoms with E-state index in [1.807, 2.05) is 0 Å². The van der Waals surface area contributed by atoms with E-state index in [2.05, 4.69) is 60.4 Å². The zero-order valence-corrected chi connectivity index (χ0v) is 13.3. The van der Waals surface area contributed by atoms with Crippen LogP contribution in [0.2, 0.25) is 0 Å². The molecule has 0 aliphatic carbocycles. The Hall–Kier alpha value is -1.64. The van der Waals surface area contributed by atoms with Gasteiger partial charge in [0.2, 0.25) is 0 Å². The van der Waals surface area contributed by atoms with Gasteiger partial charge >= 0.3 is 0 Å². The van der Waals surface area contributed by atoms with Gasteiger partial charge in [-0.3, -0.25) is 4.90 Å². The van der Waals surface area contributed by atoms with Gasteiger partial charge in [-0.1, -0.05) is 48.5 Å². The molecule has 0 spiro atoms. The summed E-state index contributed by atoms with van der Waals surface area (Å²) in [7, 11) is 0. The summed E-state index contributed by atoms with van der Waals surface area (Å²) in [5.74, 6) is 0. The van der Waals surface area contributed by atoms with E-state index in [4.69, 9.17) is 5.73 Å². The lowest BCUT2D eigenvalue weighted by Crippen LogP contribution is -2.46. The van der Waals surface area contributed by atoms with E-state index in [0.29, 0.717) is 6.04 Å². The molecular formula is C20H24N2. The highest BCUT2D eigenvalue weighted by molar-refractivity contribution is 5.54. The number of fused-ring (bicyclic) bond motifs is 7. The van der Waals surface area contributed by atoms with Crippen LogP contribution in [0.25, 0.3) is 0 Å². The second kappa shape index (κ2) is 5.22. The lowest BCUT2D eigenvalue weighted by atomic mass is 9.80. The summed E-state index contributed by atoms with van der Waals surface area (Å²) in [6.07, 6.45) is 3.42. The molecule has 4 rings (SSSR count). The summed E-state index contributed by atoms with van der Waals surface area (Å²) in [6.45, 7) is 4.33. The number of unbranched alkanes of at least 4 members (excludes halogenated alkanes) is 1. The minimum atomic E-state index is 0.0186. The minimum Gasteiger partial charge on any atom is -0.330 e. The number of benzene rings is 2. The third kappa shape index (κ3) is 1.81. The van der Waals surface area contributed by atoms with Crippen LogP contribution in [-0.4, -0.2) is 18.0 Å². The molecule has 2 heterocycles. The van der Waals surface area contributed by atoms with Crippen molar-refractivity contribution in [1.82, 2.24) is 4.90 Å². The van der Waals surface area contributed by atoms with Crippen LogP contribution in [0.4, 0.5) is 0 Å². The van der Waals surface area contributed by atoms with Crippen LogP contribution in [0.15, 0.2) is 48.5 Å². The average Bonchev–Trinajstić information content (AvgIpc) is 2.72. The summed E-state index contributed by atoms with van der Waals surface area (Å²) >= 11 is 0. The molecule has 22 heavy (non-hydrogen) atoms. The van der Waals surface area contributed by atoms with Gasteiger partial charge in [-0.25, -0.2) is 0 Å². The van der Waals surface area contributed by atoms with E-state index in [1.165, 1.54) is 28.7 Å². The maximum Gasteiger partial charge on any atom is 0.0698 e. The Bertz CT molecular complexity index is 681. The molecule has 0 amide bonds. The number of hydrogen-bond donors (Lipinski definition) is 1. The lowest BCUT2D eigenvalue weighted by molar-refractivity contribution is 0.0934. The Balaban J connectivity index is 1.84. The van der Waals surface area contributed by atoms with Gasteiger partial charge in [0.15, 0.2) is 0 Å². The van der Waals surface area contributed by atoms with Crippen molar-refractivity contribution in [2.45, 2.75) is 37.8 Å². The summed E-state index contributed by atoms with van der Waals surface area (Å²) in [6, 6.07) is 18.5. The highest BCUT2D eigenvalue weighted by Crippen LogP contribution is 2.55. The molecule has 2 aliphatic heterocycles. The Kier molecular flexibility index (Phi) is 3.32. The minimum absolute atomic E-state index is 0.0186. The van der Waals surface area contributed by atoms with Crippen LogP contribution in [0.1, 0.15) is 48.1 Å². The fourth-order valence-electron chi connectivity index (χ4n) is 4.57. The molecule has 2 atom stereocenters. The summed E-state index contributed by atoms with van der Waals surface area (Å²) in [5, 5.41) is 0. The fourth-order valence-corrected chi connectivity index (χ4v) is 4.57. The van der Waals surface area contributed by atoms with Crippen molar-refractivity contribution >= 4 is 0 Å². The van der Waals surface area contributed by atoms with E-state index in [-0.39, 0.29) is 5.54 Å². The third-order valence-corrected chi connectivity index (χ3v) is 5.60. The topological polar surface area (TPSA) is 29.3 Å². The summed E-state index contributed by atoms with van der Waals surface area (Å²) in [5.41, 5.74) is 11.7. The molecule has 2 N–H and O–H groups in total. The number of rotatable bonds is 4. The zero-order chi connectivity index (χ0) is 15.2. The van der Waals surface area contributed by atoms with E-state index >= 15 is 0 Å². The third-order valence-electron chi connectivity index (χ3n) is 5.60. The van der Waals surface area contributed by atoms with Gasteiger partial charge < -0.3 is 5.73 Å². The largest absolute Gasteiger partial charge is 0.330 e. The van der Waals surface area contributed by atoms with Crippen LogP contribution in [0.3, 0.4) is 0 Å². The zero-order valence-electron chi connectivity index (χ0n) is 13.3. The maximum absolute atomic E-state index is 5.70. The number of nitrogens with two attached hydrogens (primary N) is 1. The van der Waals surface area contributed by atoms with Crippen molar-refractivity contribution < 1.29 is 0 Å². The SMILES string of the molecule is C[C@]12c3ccccc3C[C@H](c3ccccc31)N2CCCCN. The molecule has 2 aliphatic rings. The molecular weight excluding hydrogens is 268 g/mol. The second-order valence-corrected chi connectivity index (χ2v) is 6.73. The smallest absolute Gasteiger partial charge is 0.0698 e. The van der Waals surface area contributed by atoms with Crippen molar-refractivity contribution in [2.24, 2.45) is 5.73 Å². The van der Waals surface area contributed by atoms with Crippen LogP contribution in [0.5, 0.6) is 0 Å². The molecule has 2 aromatic rings. The quantitative estimate of drug-likeness (QED) is 0.872. The normalized spacial score (nSPS) is 25.8. The first-order valence-corrected chi connectivity index (χ1v) is 8.41. The molecule has 2 aromatic carbocycles. The molecule has 0 saturated carbocycles. The van der Waals surface area contributed by atoms with E-state index in [9.17, 15) is 0 Å². The first-order valence-electron chi connectivity index (χ1n) is 8.41. The molecule has 114 valence electrons. The Labute approximate surface area is 132 Å². The van der Waals surface area contributed by atoms with Crippen molar-refractivity contribution in [3.05, 3.63) is 70.8 Å². The lowest BCUT2D eigenvalue weighted by Gasteiger charge is -2.44. The van der Waals surface area contributed by atoms with E-state index < -0.39 is 0 Å². The molecule has 0 radical (unpaired) electrons. The predicted molar refractivity (Wildman–Crippen MR) is 90.8 cm³/mol. The first-order chi connectivity index (χ1) is 10.8. The van der Waals surface area contributed by atoms with Crippen molar-refractivity contribution in [3.8, 4) is 0 Å². The van der Waals surface area contributed by atoms with Gasteiger partial charge in [-0.15, -0.1) is 0 Å². The molecule has 2 nitrogen and oxygen atoms in total. The highest BCUT2D eigenvalue weighted by atomic mass is 15.3. The summed E-state index contributed by atoms with van der Waals surface area (Å²) < 4.78 is 0. The number of nitrogens with zero attached hydrogens (tertiary/aromatic N) is 1. The Morgan fingerprint density at radius 2 is 1.77 bits per heavy atom. The molecule has 0 unspecified atom stereocenters. The van der Waals surface area contributed by atoms with Gasteiger partial charge in [0.05, 0.1) is 5.54 Å². The summed E-state index contributed by atoms with van der Waals surface area (Å²) in [4.78, 5) is 2.72. The van der Waals surface area contributed by atoms with Gasteiger partial charge in [0, 0.05) is 6.04 Å². The van der Waals surface area contributed by atoms with Crippen LogP contribution < -0.4 is 5.73 Å². The highest BCUT2D eigenvalue weighted by Gasteiger charge is 2.51. The van der Waals surface area contributed by atoms with Crippen LogP contribution >= 0.6 is 0 Å². The number of hydrogen-bond acceptors (Lipinski definition) is 2. The average molecular weight is 292 g/mol.